The summed E-state index contributed by atoms with van der Waals surface area (Å²) in [7, 11) is 0. The second-order valence-corrected chi connectivity index (χ2v) is 6.39. The molecule has 2 rings (SSSR count). The van der Waals surface area contributed by atoms with Crippen LogP contribution in [0.1, 0.15) is 44.9 Å². The van der Waals surface area contributed by atoms with Gasteiger partial charge in [0.1, 0.15) is 5.82 Å². The lowest BCUT2D eigenvalue weighted by atomic mass is 10.0. The van der Waals surface area contributed by atoms with E-state index in [-0.39, 0.29) is 0 Å². The Balaban J connectivity index is 2.11. The van der Waals surface area contributed by atoms with Crippen molar-refractivity contribution in [2.24, 2.45) is 5.92 Å². The molecule has 0 saturated heterocycles. The lowest BCUT2D eigenvalue weighted by Crippen LogP contribution is -2.11. The normalized spacial score (nSPS) is 11.0. The van der Waals surface area contributed by atoms with Crippen LogP contribution in [-0.2, 0) is 0 Å². The minimum Gasteiger partial charge on any atom is -0.354 e. The highest BCUT2D eigenvalue weighted by molar-refractivity contribution is 5.58. The average Bonchev–Trinajstić information content (AvgIpc) is 2.45. The van der Waals surface area contributed by atoms with Crippen molar-refractivity contribution in [3.63, 3.8) is 0 Å². The maximum Gasteiger partial charge on any atom is 0.224 e. The van der Waals surface area contributed by atoms with Gasteiger partial charge in [0.25, 0.3) is 0 Å². The van der Waals surface area contributed by atoms with Gasteiger partial charge in [-0.1, -0.05) is 39.8 Å². The van der Waals surface area contributed by atoms with Crippen LogP contribution >= 0.6 is 0 Å². The predicted octanol–water partition coefficient (Wildman–Crippen LogP) is 4.72. The summed E-state index contributed by atoms with van der Waals surface area (Å²) in [5, 5.41) is 6.62. The number of hydrogen-bond acceptors (Lipinski definition) is 4. The molecule has 0 aliphatic carbocycles. The summed E-state index contributed by atoms with van der Waals surface area (Å²) in [6.45, 7) is 11.6. The summed E-state index contributed by atoms with van der Waals surface area (Å²) in [6.07, 6.45) is 0. The first-order chi connectivity index (χ1) is 10.4. The maximum absolute atomic E-state index is 4.53. The SMILES string of the molecule is Cc1cc(Nc2ccc(C(C)C)cc2)nc(NCC(C)C)n1. The standard InChI is InChI=1S/C18H26N4/c1-12(2)11-19-18-20-14(5)10-17(22-18)21-16-8-6-15(7-9-16)13(3)4/h6-10,12-13H,11H2,1-5H3,(H2,19,20,21,22). The number of aromatic nitrogens is 2. The number of nitrogens with zero attached hydrogens (tertiary/aromatic N) is 2. The van der Waals surface area contributed by atoms with E-state index < -0.39 is 0 Å². The fraction of sp³-hybridized carbons (Fsp3) is 0.444. The molecule has 22 heavy (non-hydrogen) atoms. The van der Waals surface area contributed by atoms with Crippen molar-refractivity contribution in [2.75, 3.05) is 17.2 Å². The smallest absolute Gasteiger partial charge is 0.224 e. The van der Waals surface area contributed by atoms with Gasteiger partial charge in [-0.15, -0.1) is 0 Å². The summed E-state index contributed by atoms with van der Waals surface area (Å²) in [5.41, 5.74) is 3.32. The van der Waals surface area contributed by atoms with Crippen LogP contribution in [0.25, 0.3) is 0 Å². The lowest BCUT2D eigenvalue weighted by molar-refractivity contribution is 0.684. The first-order valence-electron chi connectivity index (χ1n) is 7.90. The molecule has 2 aromatic rings. The lowest BCUT2D eigenvalue weighted by Gasteiger charge is -2.12. The molecule has 4 nitrogen and oxygen atoms in total. The quantitative estimate of drug-likeness (QED) is 0.810. The number of anilines is 3. The Morgan fingerprint density at radius 1 is 1.00 bits per heavy atom. The molecule has 118 valence electrons. The molecule has 2 N–H and O–H groups in total. The van der Waals surface area contributed by atoms with E-state index in [1.54, 1.807) is 0 Å². The van der Waals surface area contributed by atoms with E-state index in [1.165, 1.54) is 5.56 Å². The Labute approximate surface area is 133 Å². The van der Waals surface area contributed by atoms with Gasteiger partial charge in [-0.05, 0) is 36.5 Å². The fourth-order valence-electron chi connectivity index (χ4n) is 2.11. The summed E-state index contributed by atoms with van der Waals surface area (Å²) in [5.74, 6) is 2.59. The average molecular weight is 298 g/mol. The van der Waals surface area contributed by atoms with E-state index in [2.05, 4.69) is 72.6 Å². The zero-order chi connectivity index (χ0) is 16.1. The van der Waals surface area contributed by atoms with E-state index in [4.69, 9.17) is 0 Å². The number of nitrogens with one attached hydrogen (secondary N) is 2. The van der Waals surface area contributed by atoms with E-state index in [1.807, 2.05) is 13.0 Å². The molecule has 0 amide bonds. The summed E-state index contributed by atoms with van der Waals surface area (Å²) in [4.78, 5) is 8.95. The zero-order valence-electron chi connectivity index (χ0n) is 14.1. The topological polar surface area (TPSA) is 49.8 Å². The van der Waals surface area contributed by atoms with Gasteiger partial charge in [-0.25, -0.2) is 4.98 Å². The Morgan fingerprint density at radius 2 is 1.68 bits per heavy atom. The molecule has 0 bridgehead atoms. The van der Waals surface area contributed by atoms with E-state index in [0.29, 0.717) is 17.8 Å². The van der Waals surface area contributed by atoms with Gasteiger partial charge in [0.05, 0.1) is 0 Å². The Kier molecular flexibility index (Phi) is 5.36. The molecule has 0 fully saturated rings. The van der Waals surface area contributed by atoms with Crippen molar-refractivity contribution in [3.8, 4) is 0 Å². The van der Waals surface area contributed by atoms with E-state index in [0.717, 1.165) is 23.7 Å². The molecule has 0 spiro atoms. The summed E-state index contributed by atoms with van der Waals surface area (Å²) in [6, 6.07) is 10.4. The predicted molar refractivity (Wildman–Crippen MR) is 93.9 cm³/mol. The monoisotopic (exact) mass is 298 g/mol. The second-order valence-electron chi connectivity index (χ2n) is 6.39. The van der Waals surface area contributed by atoms with Gasteiger partial charge < -0.3 is 10.6 Å². The van der Waals surface area contributed by atoms with Crippen molar-refractivity contribution in [1.29, 1.82) is 0 Å². The third kappa shape index (κ3) is 4.72. The van der Waals surface area contributed by atoms with Crippen molar-refractivity contribution >= 4 is 17.5 Å². The van der Waals surface area contributed by atoms with Crippen LogP contribution in [0.3, 0.4) is 0 Å². The highest BCUT2D eigenvalue weighted by atomic mass is 15.1. The molecule has 0 saturated carbocycles. The van der Waals surface area contributed by atoms with Crippen LogP contribution in [0.2, 0.25) is 0 Å². The second kappa shape index (κ2) is 7.25. The summed E-state index contributed by atoms with van der Waals surface area (Å²) < 4.78 is 0. The summed E-state index contributed by atoms with van der Waals surface area (Å²) >= 11 is 0. The van der Waals surface area contributed by atoms with E-state index in [9.17, 15) is 0 Å². The first-order valence-corrected chi connectivity index (χ1v) is 7.90. The maximum atomic E-state index is 4.53. The minimum atomic E-state index is 0.544. The minimum absolute atomic E-state index is 0.544. The third-order valence-corrected chi connectivity index (χ3v) is 3.37. The number of rotatable bonds is 6. The van der Waals surface area contributed by atoms with Crippen molar-refractivity contribution < 1.29 is 0 Å². The molecule has 0 radical (unpaired) electrons. The highest BCUT2D eigenvalue weighted by Crippen LogP contribution is 2.20. The molecule has 0 atom stereocenters. The number of aryl methyl sites for hydroxylation is 1. The molecule has 0 unspecified atom stereocenters. The third-order valence-electron chi connectivity index (χ3n) is 3.37. The van der Waals surface area contributed by atoms with Crippen molar-refractivity contribution in [2.45, 2.75) is 40.5 Å². The van der Waals surface area contributed by atoms with Gasteiger partial charge >= 0.3 is 0 Å². The molecule has 1 aromatic heterocycles. The van der Waals surface area contributed by atoms with Crippen molar-refractivity contribution in [3.05, 3.63) is 41.6 Å². The van der Waals surface area contributed by atoms with Crippen LogP contribution in [0.4, 0.5) is 17.5 Å². The fourth-order valence-corrected chi connectivity index (χ4v) is 2.11. The van der Waals surface area contributed by atoms with Gasteiger partial charge in [-0.2, -0.15) is 4.98 Å². The van der Waals surface area contributed by atoms with Gasteiger partial charge in [0.15, 0.2) is 0 Å². The first kappa shape index (κ1) is 16.3. The molecular weight excluding hydrogens is 272 g/mol. The molecule has 4 heteroatoms. The van der Waals surface area contributed by atoms with Crippen LogP contribution in [0.5, 0.6) is 0 Å². The Morgan fingerprint density at radius 3 is 2.27 bits per heavy atom. The van der Waals surface area contributed by atoms with Gasteiger partial charge in [0, 0.05) is 24.0 Å². The molecular formula is C18H26N4. The molecule has 0 aliphatic rings. The number of benzene rings is 1. The van der Waals surface area contributed by atoms with Crippen LogP contribution < -0.4 is 10.6 Å². The van der Waals surface area contributed by atoms with Crippen LogP contribution in [-0.4, -0.2) is 16.5 Å². The Bertz CT molecular complexity index is 603. The van der Waals surface area contributed by atoms with Crippen molar-refractivity contribution in [1.82, 2.24) is 9.97 Å². The largest absolute Gasteiger partial charge is 0.354 e. The van der Waals surface area contributed by atoms with Gasteiger partial charge in [0.2, 0.25) is 5.95 Å². The molecule has 1 aromatic carbocycles. The zero-order valence-corrected chi connectivity index (χ0v) is 14.1. The van der Waals surface area contributed by atoms with Crippen LogP contribution in [0.15, 0.2) is 30.3 Å². The molecule has 0 aliphatic heterocycles. The van der Waals surface area contributed by atoms with Crippen LogP contribution in [0, 0.1) is 12.8 Å². The number of hydrogen-bond donors (Lipinski definition) is 2. The van der Waals surface area contributed by atoms with Gasteiger partial charge in [-0.3, -0.25) is 0 Å². The molecule has 1 heterocycles. The Hall–Kier alpha value is -2.10. The highest BCUT2D eigenvalue weighted by Gasteiger charge is 2.04. The van der Waals surface area contributed by atoms with E-state index >= 15 is 0 Å².